The van der Waals surface area contributed by atoms with Gasteiger partial charge in [0, 0.05) is 5.56 Å². The molecule has 6 nitrogen and oxygen atoms in total. The summed E-state index contributed by atoms with van der Waals surface area (Å²) < 4.78 is 10.5. The van der Waals surface area contributed by atoms with Crippen LogP contribution in [0.3, 0.4) is 0 Å². The second-order valence-corrected chi connectivity index (χ2v) is 6.72. The van der Waals surface area contributed by atoms with E-state index in [2.05, 4.69) is 15.1 Å². The van der Waals surface area contributed by atoms with E-state index in [1.165, 1.54) is 11.3 Å². The first-order valence-corrected chi connectivity index (χ1v) is 8.23. The van der Waals surface area contributed by atoms with E-state index in [-0.39, 0.29) is 12.4 Å². The predicted molar refractivity (Wildman–Crippen MR) is 94.4 cm³/mol. The summed E-state index contributed by atoms with van der Waals surface area (Å²) in [5.74, 6) is 1.90. The minimum atomic E-state index is -0.411. The fourth-order valence-corrected chi connectivity index (χ4v) is 3.39. The summed E-state index contributed by atoms with van der Waals surface area (Å²) >= 11 is 1.51. The summed E-state index contributed by atoms with van der Waals surface area (Å²) in [6, 6.07) is 7.78. The van der Waals surface area contributed by atoms with Crippen molar-refractivity contribution in [3.8, 4) is 27.1 Å². The molecular formula is C16H17ClN4O2S. The lowest BCUT2D eigenvalue weighted by Gasteiger charge is -2.34. The van der Waals surface area contributed by atoms with Gasteiger partial charge in [-0.1, -0.05) is 5.16 Å². The summed E-state index contributed by atoms with van der Waals surface area (Å²) in [6.45, 7) is 0. The van der Waals surface area contributed by atoms with E-state index in [9.17, 15) is 0 Å². The Hall–Kier alpha value is -1.96. The van der Waals surface area contributed by atoms with E-state index < -0.39 is 5.54 Å². The molecule has 2 N–H and O–H groups in total. The topological polar surface area (TPSA) is 87.1 Å². The summed E-state index contributed by atoms with van der Waals surface area (Å²) in [5.41, 5.74) is 6.84. The van der Waals surface area contributed by atoms with Crippen LogP contribution in [0.1, 0.15) is 25.1 Å². The number of nitrogens with two attached hydrogens (primary N) is 1. The average molecular weight is 365 g/mol. The number of halogens is 1. The van der Waals surface area contributed by atoms with Gasteiger partial charge in [-0.3, -0.25) is 0 Å². The highest BCUT2D eigenvalue weighted by Gasteiger charge is 2.39. The minimum Gasteiger partial charge on any atom is -0.497 e. The molecule has 2 aromatic heterocycles. The molecule has 8 heteroatoms. The van der Waals surface area contributed by atoms with Crippen molar-refractivity contribution in [2.75, 3.05) is 7.11 Å². The number of hydrogen-bond donors (Lipinski definition) is 1. The van der Waals surface area contributed by atoms with Crippen LogP contribution >= 0.6 is 23.7 Å². The number of nitrogens with zero attached hydrogens (tertiary/aromatic N) is 3. The van der Waals surface area contributed by atoms with Gasteiger partial charge in [0.25, 0.3) is 5.89 Å². The van der Waals surface area contributed by atoms with E-state index in [4.69, 9.17) is 15.0 Å². The molecule has 0 bridgehead atoms. The first-order valence-electron chi connectivity index (χ1n) is 7.42. The number of aromatic nitrogens is 3. The highest BCUT2D eigenvalue weighted by atomic mass is 35.5. The predicted octanol–water partition coefficient (Wildman–Crippen LogP) is 3.63. The van der Waals surface area contributed by atoms with Crippen LogP contribution in [0.4, 0.5) is 0 Å². The van der Waals surface area contributed by atoms with Crippen LogP contribution in [-0.2, 0) is 5.54 Å². The lowest BCUT2D eigenvalue weighted by atomic mass is 9.77. The fraction of sp³-hybridized carbons (Fsp3) is 0.312. The summed E-state index contributed by atoms with van der Waals surface area (Å²) in [7, 11) is 1.65. The van der Waals surface area contributed by atoms with Gasteiger partial charge in [-0.05, 0) is 43.5 Å². The van der Waals surface area contributed by atoms with E-state index in [1.54, 1.807) is 13.3 Å². The number of hydrogen-bond acceptors (Lipinski definition) is 7. The zero-order valence-corrected chi connectivity index (χ0v) is 14.7. The van der Waals surface area contributed by atoms with Crippen LogP contribution in [0.2, 0.25) is 0 Å². The Balaban J connectivity index is 0.00000169. The van der Waals surface area contributed by atoms with Crippen LogP contribution in [0.25, 0.3) is 21.3 Å². The van der Waals surface area contributed by atoms with Crippen molar-refractivity contribution in [3.63, 3.8) is 0 Å². The average Bonchev–Trinajstić information content (AvgIpc) is 3.22. The monoisotopic (exact) mass is 364 g/mol. The van der Waals surface area contributed by atoms with Crippen molar-refractivity contribution in [2.24, 2.45) is 5.73 Å². The molecule has 0 unspecified atom stereocenters. The number of thiazole rings is 1. The van der Waals surface area contributed by atoms with Crippen molar-refractivity contribution in [1.82, 2.24) is 15.1 Å². The molecule has 2 heterocycles. The van der Waals surface area contributed by atoms with Gasteiger partial charge in [0.1, 0.15) is 15.6 Å². The van der Waals surface area contributed by atoms with E-state index in [0.29, 0.717) is 11.7 Å². The van der Waals surface area contributed by atoms with Gasteiger partial charge in [-0.25, -0.2) is 4.98 Å². The molecule has 1 aliphatic rings. The van der Waals surface area contributed by atoms with Crippen molar-refractivity contribution in [1.29, 1.82) is 0 Å². The normalized spacial score (nSPS) is 15.4. The van der Waals surface area contributed by atoms with Crippen LogP contribution in [0, 0.1) is 0 Å². The third kappa shape index (κ3) is 2.90. The van der Waals surface area contributed by atoms with Gasteiger partial charge in [0.15, 0.2) is 5.82 Å². The summed E-state index contributed by atoms with van der Waals surface area (Å²) in [6.07, 6.45) is 4.69. The molecule has 1 aromatic carbocycles. The van der Waals surface area contributed by atoms with Gasteiger partial charge in [-0.15, -0.1) is 23.7 Å². The fourth-order valence-electron chi connectivity index (χ4n) is 2.55. The molecule has 0 atom stereocenters. The molecule has 0 spiro atoms. The highest BCUT2D eigenvalue weighted by Crippen LogP contribution is 2.38. The number of methoxy groups -OCH3 is 1. The van der Waals surface area contributed by atoms with Gasteiger partial charge >= 0.3 is 0 Å². The van der Waals surface area contributed by atoms with Crippen molar-refractivity contribution < 1.29 is 9.26 Å². The smallest absolute Gasteiger partial charge is 0.269 e. The Morgan fingerprint density at radius 3 is 2.62 bits per heavy atom. The van der Waals surface area contributed by atoms with Gasteiger partial charge in [-0.2, -0.15) is 4.98 Å². The zero-order valence-electron chi connectivity index (χ0n) is 13.1. The van der Waals surface area contributed by atoms with E-state index in [1.807, 2.05) is 24.3 Å². The number of rotatable bonds is 4. The van der Waals surface area contributed by atoms with Gasteiger partial charge in [0.05, 0.1) is 18.8 Å². The van der Waals surface area contributed by atoms with Crippen molar-refractivity contribution in [3.05, 3.63) is 36.3 Å². The first-order chi connectivity index (χ1) is 11.2. The molecule has 0 saturated heterocycles. The quantitative estimate of drug-likeness (QED) is 0.760. The Labute approximate surface area is 149 Å². The molecule has 1 saturated carbocycles. The largest absolute Gasteiger partial charge is 0.497 e. The molecule has 1 aliphatic carbocycles. The Morgan fingerprint density at radius 1 is 1.25 bits per heavy atom. The maximum Gasteiger partial charge on any atom is 0.269 e. The van der Waals surface area contributed by atoms with E-state index in [0.717, 1.165) is 40.5 Å². The minimum absolute atomic E-state index is 0. The first kappa shape index (κ1) is 16.9. The third-order valence-electron chi connectivity index (χ3n) is 4.17. The standard InChI is InChI=1S/C16H16N4O2S.ClH/c1-21-11-5-3-10(4-6-11)14-18-9-12(23-14)13-19-15(20-22-13)16(17)7-2-8-16;/h3-6,9H,2,7-8,17H2,1H3;1H. The van der Waals surface area contributed by atoms with Crippen molar-refractivity contribution >= 4 is 23.7 Å². The molecule has 3 aromatic rings. The maximum atomic E-state index is 6.23. The third-order valence-corrected chi connectivity index (χ3v) is 5.20. The Morgan fingerprint density at radius 2 is 2.00 bits per heavy atom. The number of benzene rings is 1. The Kier molecular flexibility index (Phi) is 4.58. The second kappa shape index (κ2) is 6.51. The maximum absolute atomic E-state index is 6.23. The Bertz CT molecular complexity index is 827. The molecule has 0 radical (unpaired) electrons. The van der Waals surface area contributed by atoms with Crippen LogP contribution in [-0.4, -0.2) is 22.2 Å². The van der Waals surface area contributed by atoms with Gasteiger partial charge in [0.2, 0.25) is 0 Å². The highest BCUT2D eigenvalue weighted by molar-refractivity contribution is 7.18. The lowest BCUT2D eigenvalue weighted by molar-refractivity contribution is 0.229. The SMILES string of the molecule is COc1ccc(-c2ncc(-c3nc(C4(N)CCC4)no3)s2)cc1.Cl. The zero-order chi connectivity index (χ0) is 15.9. The van der Waals surface area contributed by atoms with Gasteiger partial charge < -0.3 is 15.0 Å². The van der Waals surface area contributed by atoms with Crippen LogP contribution in [0.15, 0.2) is 35.0 Å². The van der Waals surface area contributed by atoms with Crippen LogP contribution in [0.5, 0.6) is 5.75 Å². The molecule has 0 amide bonds. The molecule has 126 valence electrons. The number of ether oxygens (including phenoxy) is 1. The molecule has 0 aliphatic heterocycles. The molecule has 4 rings (SSSR count). The van der Waals surface area contributed by atoms with Crippen molar-refractivity contribution in [2.45, 2.75) is 24.8 Å². The molecular weight excluding hydrogens is 348 g/mol. The lowest BCUT2D eigenvalue weighted by Crippen LogP contribution is -2.44. The molecule has 1 fully saturated rings. The summed E-state index contributed by atoms with van der Waals surface area (Å²) in [5, 5.41) is 4.94. The van der Waals surface area contributed by atoms with E-state index >= 15 is 0 Å². The molecule has 24 heavy (non-hydrogen) atoms. The van der Waals surface area contributed by atoms with Crippen LogP contribution < -0.4 is 10.5 Å². The second-order valence-electron chi connectivity index (χ2n) is 5.69. The summed E-state index contributed by atoms with van der Waals surface area (Å²) in [4.78, 5) is 9.74.